The second-order valence-electron chi connectivity index (χ2n) is 5.12. The number of aryl methyl sites for hydroxylation is 1. The maximum atomic E-state index is 12.5. The predicted octanol–water partition coefficient (Wildman–Crippen LogP) is 2.47. The van der Waals surface area contributed by atoms with E-state index >= 15 is 0 Å². The van der Waals surface area contributed by atoms with Crippen molar-refractivity contribution in [2.45, 2.75) is 18.4 Å². The van der Waals surface area contributed by atoms with E-state index in [0.29, 0.717) is 32.1 Å². The zero-order valence-electron chi connectivity index (χ0n) is 14.3. The normalized spacial score (nSPS) is 11.1. The van der Waals surface area contributed by atoms with Gasteiger partial charge in [0, 0.05) is 37.6 Å². The van der Waals surface area contributed by atoms with Gasteiger partial charge in [0.05, 0.1) is 19.0 Å². The molecule has 0 saturated heterocycles. The lowest BCUT2D eigenvalue weighted by molar-refractivity contribution is -0.129. The molecule has 0 aliphatic rings. The molecule has 0 unspecified atom stereocenters. The van der Waals surface area contributed by atoms with Crippen LogP contribution in [0, 0.1) is 0 Å². The molecule has 0 aromatic carbocycles. The second-order valence-corrected chi connectivity index (χ2v) is 7.20. The van der Waals surface area contributed by atoms with Crippen molar-refractivity contribution in [3.8, 4) is 0 Å². The van der Waals surface area contributed by atoms with E-state index in [9.17, 15) is 4.79 Å². The van der Waals surface area contributed by atoms with Gasteiger partial charge in [-0.25, -0.2) is 9.97 Å². The number of thioether (sulfide) groups is 1. The van der Waals surface area contributed by atoms with E-state index < -0.39 is 0 Å². The predicted molar refractivity (Wildman–Crippen MR) is 97.8 cm³/mol. The first-order valence-electron chi connectivity index (χ1n) is 7.81. The van der Waals surface area contributed by atoms with E-state index in [1.54, 1.807) is 36.8 Å². The Hall–Kier alpha value is -1.22. The van der Waals surface area contributed by atoms with Crippen molar-refractivity contribution < 1.29 is 14.3 Å². The van der Waals surface area contributed by atoms with Gasteiger partial charge in [0.15, 0.2) is 0 Å². The number of amides is 1. The van der Waals surface area contributed by atoms with E-state index in [1.807, 2.05) is 0 Å². The summed E-state index contributed by atoms with van der Waals surface area (Å²) in [5.41, 5.74) is 0. The fraction of sp³-hybridized carbons (Fsp3) is 0.562. The average Bonchev–Trinajstić information content (AvgIpc) is 3.03. The highest BCUT2D eigenvalue weighted by molar-refractivity contribution is 8.00. The number of ether oxygens (including phenoxy) is 2. The van der Waals surface area contributed by atoms with Crippen molar-refractivity contribution in [2.75, 3.05) is 46.3 Å². The summed E-state index contributed by atoms with van der Waals surface area (Å²) in [6.07, 6.45) is 2.55. The summed E-state index contributed by atoms with van der Waals surface area (Å²) in [4.78, 5) is 25.2. The smallest absolute Gasteiger partial charge is 0.233 e. The van der Waals surface area contributed by atoms with Crippen LogP contribution in [0.25, 0.3) is 10.2 Å². The second kappa shape index (κ2) is 9.93. The summed E-state index contributed by atoms with van der Waals surface area (Å²) in [5.74, 6) is 0.406. The van der Waals surface area contributed by atoms with Gasteiger partial charge >= 0.3 is 0 Å². The molecule has 1 amide bonds. The number of hydrogen-bond donors (Lipinski definition) is 0. The van der Waals surface area contributed by atoms with Crippen molar-refractivity contribution in [2.24, 2.45) is 0 Å². The number of nitrogens with zero attached hydrogens (tertiary/aromatic N) is 3. The van der Waals surface area contributed by atoms with Crippen LogP contribution in [0.5, 0.6) is 0 Å². The summed E-state index contributed by atoms with van der Waals surface area (Å²) >= 11 is 3.14. The van der Waals surface area contributed by atoms with Gasteiger partial charge in [0.25, 0.3) is 0 Å². The number of thiophene rings is 1. The zero-order chi connectivity index (χ0) is 17.4. The summed E-state index contributed by atoms with van der Waals surface area (Å²) in [7, 11) is 3.26. The van der Waals surface area contributed by atoms with Gasteiger partial charge in [0.2, 0.25) is 5.91 Å². The first-order chi connectivity index (χ1) is 11.7. The molecular weight excluding hydrogens is 346 g/mol. The quantitative estimate of drug-likeness (QED) is 0.473. The SMILES string of the molecule is CCc1cc2c(SCC(=O)N(CCOC)CCOC)ncnc2s1. The topological polar surface area (TPSA) is 64.6 Å². The molecule has 2 heterocycles. The van der Waals surface area contributed by atoms with Gasteiger partial charge in [-0.05, 0) is 12.5 Å². The third kappa shape index (κ3) is 5.14. The maximum absolute atomic E-state index is 12.5. The average molecular weight is 370 g/mol. The molecular formula is C16H23N3O3S2. The Bertz CT molecular complexity index is 655. The van der Waals surface area contributed by atoms with Crippen LogP contribution < -0.4 is 0 Å². The molecule has 8 heteroatoms. The summed E-state index contributed by atoms with van der Waals surface area (Å²) in [6, 6.07) is 2.13. The van der Waals surface area contributed by atoms with E-state index in [4.69, 9.17) is 9.47 Å². The van der Waals surface area contributed by atoms with Crippen LogP contribution in [0.4, 0.5) is 0 Å². The molecule has 0 bridgehead atoms. The Morgan fingerprint density at radius 2 is 1.96 bits per heavy atom. The number of fused-ring (bicyclic) bond motifs is 1. The van der Waals surface area contributed by atoms with Gasteiger partial charge in [-0.3, -0.25) is 4.79 Å². The number of rotatable bonds is 10. The minimum absolute atomic E-state index is 0.0619. The molecule has 6 nitrogen and oxygen atoms in total. The van der Waals surface area contributed by atoms with E-state index in [1.165, 1.54) is 16.6 Å². The molecule has 0 aliphatic carbocycles. The fourth-order valence-electron chi connectivity index (χ4n) is 2.16. The van der Waals surface area contributed by atoms with Crippen LogP contribution in [0.1, 0.15) is 11.8 Å². The van der Waals surface area contributed by atoms with Crippen LogP contribution in [0.2, 0.25) is 0 Å². The van der Waals surface area contributed by atoms with E-state index in [2.05, 4.69) is 23.0 Å². The Kier molecular flexibility index (Phi) is 7.90. The highest BCUT2D eigenvalue weighted by Crippen LogP contribution is 2.31. The van der Waals surface area contributed by atoms with Crippen molar-refractivity contribution in [3.05, 3.63) is 17.3 Å². The van der Waals surface area contributed by atoms with Gasteiger partial charge in [0.1, 0.15) is 16.2 Å². The lowest BCUT2D eigenvalue weighted by atomic mass is 10.3. The molecule has 24 heavy (non-hydrogen) atoms. The van der Waals surface area contributed by atoms with Crippen molar-refractivity contribution in [1.82, 2.24) is 14.9 Å². The first kappa shape index (κ1) is 19.1. The highest BCUT2D eigenvalue weighted by Gasteiger charge is 2.15. The van der Waals surface area contributed by atoms with Crippen molar-refractivity contribution in [1.29, 1.82) is 0 Å². The molecule has 2 aromatic heterocycles. The van der Waals surface area contributed by atoms with Gasteiger partial charge in [-0.1, -0.05) is 18.7 Å². The Labute approximate surface area is 150 Å². The third-order valence-electron chi connectivity index (χ3n) is 3.51. The Balaban J connectivity index is 2.02. The van der Waals surface area contributed by atoms with Crippen LogP contribution in [-0.2, 0) is 20.7 Å². The standard InChI is InChI=1S/C16H23N3O3S2/c1-4-12-9-13-15(17-11-18-16(13)24-12)23-10-14(20)19(5-7-21-2)6-8-22-3/h9,11H,4-8,10H2,1-3H3. The van der Waals surface area contributed by atoms with Crippen LogP contribution in [0.15, 0.2) is 17.4 Å². The van der Waals surface area contributed by atoms with Crippen LogP contribution in [-0.4, -0.2) is 67.1 Å². The maximum Gasteiger partial charge on any atom is 0.233 e. The van der Waals surface area contributed by atoms with Gasteiger partial charge in [-0.15, -0.1) is 11.3 Å². The monoisotopic (exact) mass is 369 g/mol. The molecule has 0 spiro atoms. The van der Waals surface area contributed by atoms with Crippen LogP contribution in [0.3, 0.4) is 0 Å². The number of hydrogen-bond acceptors (Lipinski definition) is 7. The lowest BCUT2D eigenvalue weighted by Crippen LogP contribution is -2.37. The molecule has 0 radical (unpaired) electrons. The zero-order valence-corrected chi connectivity index (χ0v) is 15.9. The van der Waals surface area contributed by atoms with Crippen molar-refractivity contribution in [3.63, 3.8) is 0 Å². The number of carbonyl (C=O) groups excluding carboxylic acids is 1. The summed E-state index contributed by atoms with van der Waals surface area (Å²) in [6.45, 7) is 4.29. The molecule has 0 N–H and O–H groups in total. The van der Waals surface area contributed by atoms with Gasteiger partial charge < -0.3 is 14.4 Å². The van der Waals surface area contributed by atoms with E-state index in [-0.39, 0.29) is 5.91 Å². The Morgan fingerprint density at radius 1 is 1.25 bits per heavy atom. The molecule has 0 fully saturated rings. The molecule has 132 valence electrons. The molecule has 2 rings (SSSR count). The molecule has 0 aliphatic heterocycles. The Morgan fingerprint density at radius 3 is 2.58 bits per heavy atom. The third-order valence-corrected chi connectivity index (χ3v) is 5.69. The lowest BCUT2D eigenvalue weighted by Gasteiger charge is -2.21. The highest BCUT2D eigenvalue weighted by atomic mass is 32.2. The number of aromatic nitrogens is 2. The summed E-state index contributed by atoms with van der Waals surface area (Å²) in [5, 5.41) is 1.90. The summed E-state index contributed by atoms with van der Waals surface area (Å²) < 4.78 is 10.2. The fourth-order valence-corrected chi connectivity index (χ4v) is 4.03. The minimum atomic E-state index is 0.0619. The van der Waals surface area contributed by atoms with Crippen LogP contribution >= 0.6 is 23.1 Å². The van der Waals surface area contributed by atoms with Crippen molar-refractivity contribution >= 4 is 39.2 Å². The van der Waals surface area contributed by atoms with E-state index in [0.717, 1.165) is 21.7 Å². The molecule has 0 atom stereocenters. The molecule has 2 aromatic rings. The minimum Gasteiger partial charge on any atom is -0.383 e. The number of carbonyl (C=O) groups is 1. The first-order valence-corrected chi connectivity index (χ1v) is 9.61. The number of methoxy groups -OCH3 is 2. The molecule has 0 saturated carbocycles. The largest absolute Gasteiger partial charge is 0.383 e. The van der Waals surface area contributed by atoms with Gasteiger partial charge in [-0.2, -0.15) is 0 Å².